The molecule has 18 atom stereocenters. The number of carbonyl (C=O) groups excluding carboxylic acids is 3. The summed E-state index contributed by atoms with van der Waals surface area (Å²) in [5.74, 6) is -1.98. The van der Waals surface area contributed by atoms with Crippen molar-refractivity contribution in [3.63, 3.8) is 0 Å². The lowest BCUT2D eigenvalue weighted by Crippen LogP contribution is -2.69. The molecular formula is C76H141O24P. The normalized spacial score (nSPS) is 27.2. The minimum Gasteiger partial charge on any atom is -0.463 e. The van der Waals surface area contributed by atoms with Crippen LogP contribution in [0.2, 0.25) is 0 Å². The molecule has 25 heteroatoms. The molecule has 1 saturated carbocycles. The Hall–Kier alpha value is -2.30. The molecule has 3 aliphatic rings. The van der Waals surface area contributed by atoms with Crippen LogP contribution in [0.5, 0.6) is 0 Å². The van der Waals surface area contributed by atoms with Gasteiger partial charge in [-0.05, 0) is 44.9 Å². The van der Waals surface area contributed by atoms with Crippen LogP contribution in [0.15, 0.2) is 12.2 Å². The lowest BCUT2D eigenvalue weighted by Gasteiger charge is -2.49. The Morgan fingerprint density at radius 2 is 0.693 bits per heavy atom. The molecule has 594 valence electrons. The molecule has 2 saturated heterocycles. The molecule has 1 aliphatic carbocycles. The van der Waals surface area contributed by atoms with E-state index in [0.29, 0.717) is 19.3 Å². The second-order valence-electron chi connectivity index (χ2n) is 28.8. The van der Waals surface area contributed by atoms with Gasteiger partial charge in [0.2, 0.25) is 0 Å². The van der Waals surface area contributed by atoms with Crippen molar-refractivity contribution in [1.82, 2.24) is 0 Å². The molecule has 0 spiro atoms. The fourth-order valence-corrected chi connectivity index (χ4v) is 14.2. The topological polar surface area (TPSA) is 374 Å². The van der Waals surface area contributed by atoms with E-state index >= 15 is 0 Å². The van der Waals surface area contributed by atoms with Crippen LogP contribution in [0.3, 0.4) is 0 Å². The van der Waals surface area contributed by atoms with Crippen LogP contribution in [0.1, 0.15) is 323 Å². The highest BCUT2D eigenvalue weighted by Crippen LogP contribution is 2.49. The number of unbranched alkanes of at least 4 members (excludes halogenated alkanes) is 40. The third kappa shape index (κ3) is 40.5. The van der Waals surface area contributed by atoms with E-state index in [0.717, 1.165) is 109 Å². The van der Waals surface area contributed by atoms with Crippen molar-refractivity contribution in [3.05, 3.63) is 12.2 Å². The van der Waals surface area contributed by atoms with Crippen molar-refractivity contribution in [2.75, 3.05) is 26.4 Å². The number of aliphatic hydroxyl groups is 10. The standard InChI is InChI=1S/C76H141O24P/c1-4-7-10-13-16-19-22-25-28-31-33-35-38-41-44-47-50-60(78)92-54-57(95-62(80)52-49-46-43-40-37-34-30-27-24-21-18-15-12-9-6-3)55-94-101(90,91)100-74-72(98-75-70(88)65(83)63(81)58(53-77)96-75)68(86)67(85)69(87)73(74)99-76-71(89)66(84)64(82)59(97-76)56-93-61(79)51-48-45-42-39-36-32-29-26-23-20-17-14-11-8-5-2/h21,24,57-59,63-77,81-89H,4-20,22-23,25-56H2,1-3H3,(H,90,91)/b24-21-. The lowest BCUT2D eigenvalue weighted by molar-refractivity contribution is -0.360. The molecule has 0 aromatic rings. The molecule has 101 heavy (non-hydrogen) atoms. The number of esters is 3. The van der Waals surface area contributed by atoms with Gasteiger partial charge in [0.1, 0.15) is 98.7 Å². The van der Waals surface area contributed by atoms with Crippen LogP contribution < -0.4 is 0 Å². The molecule has 11 N–H and O–H groups in total. The smallest absolute Gasteiger partial charge is 0.463 e. The van der Waals surface area contributed by atoms with Crippen LogP contribution in [0, 0.1) is 0 Å². The van der Waals surface area contributed by atoms with E-state index in [2.05, 4.69) is 32.9 Å². The van der Waals surface area contributed by atoms with Crippen molar-refractivity contribution in [3.8, 4) is 0 Å². The number of phosphoric acid groups is 1. The minimum absolute atomic E-state index is 0.0327. The summed E-state index contributed by atoms with van der Waals surface area (Å²) in [6.45, 7) is 3.48. The molecule has 0 amide bonds. The van der Waals surface area contributed by atoms with Crippen molar-refractivity contribution < 1.29 is 117 Å². The average Bonchev–Trinajstić information content (AvgIpc) is 0.761. The number of rotatable bonds is 63. The van der Waals surface area contributed by atoms with Gasteiger partial charge in [-0.15, -0.1) is 0 Å². The fraction of sp³-hybridized carbons (Fsp3) is 0.934. The van der Waals surface area contributed by atoms with Crippen LogP contribution in [0.4, 0.5) is 0 Å². The first-order chi connectivity index (χ1) is 48.8. The molecule has 18 unspecified atom stereocenters. The molecule has 0 aromatic heterocycles. The highest BCUT2D eigenvalue weighted by atomic mass is 31.2. The van der Waals surface area contributed by atoms with E-state index in [-0.39, 0.29) is 19.3 Å². The van der Waals surface area contributed by atoms with Crippen LogP contribution >= 0.6 is 7.82 Å². The van der Waals surface area contributed by atoms with E-state index in [9.17, 15) is 74.9 Å². The summed E-state index contributed by atoms with van der Waals surface area (Å²) in [6.07, 6.45) is 18.2. The second kappa shape index (κ2) is 57.8. The molecule has 0 bridgehead atoms. The molecule has 24 nitrogen and oxygen atoms in total. The van der Waals surface area contributed by atoms with E-state index in [1.165, 1.54) is 154 Å². The minimum atomic E-state index is -5.70. The van der Waals surface area contributed by atoms with Gasteiger partial charge in [-0.25, -0.2) is 4.57 Å². The zero-order chi connectivity index (χ0) is 73.9. The van der Waals surface area contributed by atoms with Crippen LogP contribution in [-0.2, 0) is 61.2 Å². The van der Waals surface area contributed by atoms with Crippen molar-refractivity contribution >= 4 is 25.7 Å². The number of hydrogen-bond acceptors (Lipinski definition) is 23. The summed E-state index contributed by atoms with van der Waals surface area (Å²) in [4.78, 5) is 51.1. The van der Waals surface area contributed by atoms with E-state index in [4.69, 9.17) is 42.2 Å². The Morgan fingerprint density at radius 1 is 0.376 bits per heavy atom. The monoisotopic (exact) mass is 1470 g/mol. The molecule has 3 fully saturated rings. The maximum Gasteiger partial charge on any atom is 0.472 e. The average molecular weight is 1470 g/mol. The van der Waals surface area contributed by atoms with Gasteiger partial charge in [-0.2, -0.15) is 0 Å². The summed E-state index contributed by atoms with van der Waals surface area (Å²) in [5, 5.41) is 110. The predicted molar refractivity (Wildman–Crippen MR) is 384 cm³/mol. The molecule has 0 aromatic carbocycles. The lowest BCUT2D eigenvalue weighted by atomic mass is 9.84. The first kappa shape index (κ1) is 92.9. The maximum atomic E-state index is 14.4. The van der Waals surface area contributed by atoms with Crippen LogP contribution in [-0.4, -0.2) is 204 Å². The Kier molecular flexibility index (Phi) is 53.2. The van der Waals surface area contributed by atoms with Gasteiger partial charge in [-0.3, -0.25) is 23.4 Å². The summed E-state index contributed by atoms with van der Waals surface area (Å²) in [5.41, 5.74) is 0. The van der Waals surface area contributed by atoms with Crippen molar-refractivity contribution in [2.24, 2.45) is 0 Å². The maximum absolute atomic E-state index is 14.4. The zero-order valence-electron chi connectivity index (χ0n) is 62.2. The summed E-state index contributed by atoms with van der Waals surface area (Å²) in [6, 6.07) is 0. The van der Waals surface area contributed by atoms with E-state index in [1.807, 2.05) is 0 Å². The molecule has 0 radical (unpaired) electrons. The first-order valence-corrected chi connectivity index (χ1v) is 41.5. The number of ether oxygens (including phenoxy) is 7. The molecule has 3 rings (SSSR count). The zero-order valence-corrected chi connectivity index (χ0v) is 63.1. The third-order valence-electron chi connectivity index (χ3n) is 19.8. The quantitative estimate of drug-likeness (QED) is 0.00886. The Balaban J connectivity index is 1.71. The van der Waals surface area contributed by atoms with Gasteiger partial charge in [0.25, 0.3) is 0 Å². The van der Waals surface area contributed by atoms with Crippen molar-refractivity contribution in [2.45, 2.75) is 427 Å². The summed E-state index contributed by atoms with van der Waals surface area (Å²) >= 11 is 0. The number of hydrogen-bond donors (Lipinski definition) is 11. The third-order valence-corrected chi connectivity index (χ3v) is 20.8. The largest absolute Gasteiger partial charge is 0.472 e. The SMILES string of the molecule is CCCCCC/C=C\CCCCCCCCCC(=O)OC(COC(=O)CCCCCCCCCCCCCCCCCC)COP(=O)(O)OC1C(OC2OC(CO)C(O)C(O)C2O)C(O)C(O)C(O)C1OC1OC(COC(=O)CCCCCCCCCCCCCCCCC)C(O)C(O)C1O. The number of carbonyl (C=O) groups is 3. The number of aliphatic hydroxyl groups excluding tert-OH is 10. The number of allylic oxidation sites excluding steroid dienone is 2. The molecular weight excluding hydrogens is 1330 g/mol. The van der Waals surface area contributed by atoms with Gasteiger partial charge in [0.05, 0.1) is 13.2 Å². The fourth-order valence-electron chi connectivity index (χ4n) is 13.3. The Morgan fingerprint density at radius 3 is 1.08 bits per heavy atom. The first-order valence-electron chi connectivity index (χ1n) is 40.0. The van der Waals surface area contributed by atoms with Gasteiger partial charge in [0, 0.05) is 19.3 Å². The summed E-state index contributed by atoms with van der Waals surface area (Å²) < 4.78 is 65.2. The molecule has 2 aliphatic heterocycles. The van der Waals surface area contributed by atoms with Crippen LogP contribution in [0.25, 0.3) is 0 Å². The highest BCUT2D eigenvalue weighted by Gasteiger charge is 2.58. The highest BCUT2D eigenvalue weighted by molar-refractivity contribution is 7.47. The predicted octanol–water partition coefficient (Wildman–Crippen LogP) is 11.9. The second-order valence-corrected chi connectivity index (χ2v) is 30.2. The molecule has 2 heterocycles. The number of phosphoric ester groups is 1. The van der Waals surface area contributed by atoms with Gasteiger partial charge < -0.3 is 89.1 Å². The summed E-state index contributed by atoms with van der Waals surface area (Å²) in [7, 11) is -5.70. The van der Waals surface area contributed by atoms with Gasteiger partial charge >= 0.3 is 25.7 Å². The Labute approximate surface area is 605 Å². The van der Waals surface area contributed by atoms with Gasteiger partial charge in [0.15, 0.2) is 18.7 Å². The van der Waals surface area contributed by atoms with Gasteiger partial charge in [-0.1, -0.05) is 270 Å². The van der Waals surface area contributed by atoms with Crippen molar-refractivity contribution in [1.29, 1.82) is 0 Å². The Bertz CT molecular complexity index is 2130. The van der Waals surface area contributed by atoms with E-state index in [1.54, 1.807) is 0 Å². The van der Waals surface area contributed by atoms with E-state index < -0.39 is 156 Å².